The van der Waals surface area contributed by atoms with Gasteiger partial charge in [-0.3, -0.25) is 4.79 Å². The Balaban J connectivity index is 1.59. The van der Waals surface area contributed by atoms with Crippen molar-refractivity contribution in [1.82, 2.24) is 20.7 Å². The fraction of sp³-hybridized carbons (Fsp3) is 0.0833. The molecule has 0 spiro atoms. The minimum absolute atomic E-state index is 0.193. The molecule has 3 rings (SSSR count). The van der Waals surface area contributed by atoms with E-state index in [2.05, 4.69) is 30.5 Å². The topological polar surface area (TPSA) is 119 Å². The molecule has 0 radical (unpaired) electrons. The Hall–Kier alpha value is -2.81. The Morgan fingerprint density at radius 3 is 3.10 bits per heavy atom. The number of nitrogens with two attached hydrogens (primary N) is 1. The van der Waals surface area contributed by atoms with Crippen LogP contribution in [-0.4, -0.2) is 27.4 Å². The van der Waals surface area contributed by atoms with Gasteiger partial charge in [0.15, 0.2) is 5.13 Å². The summed E-state index contributed by atoms with van der Waals surface area (Å²) in [6, 6.07) is 5.31. The molecule has 0 aliphatic heterocycles. The number of anilines is 1. The van der Waals surface area contributed by atoms with E-state index in [1.807, 2.05) is 0 Å². The molecular weight excluding hydrogens is 292 g/mol. The van der Waals surface area contributed by atoms with Gasteiger partial charge in [0.25, 0.3) is 0 Å². The van der Waals surface area contributed by atoms with E-state index in [4.69, 9.17) is 5.73 Å². The predicted octanol–water partition coefficient (Wildman–Crippen LogP) is 0.954. The van der Waals surface area contributed by atoms with Crippen molar-refractivity contribution in [2.24, 2.45) is 5.10 Å². The first-order valence-electron chi connectivity index (χ1n) is 5.95. The molecule has 8 nitrogen and oxygen atoms in total. The summed E-state index contributed by atoms with van der Waals surface area (Å²) >= 11 is 1.28. The molecule has 0 aliphatic rings. The van der Waals surface area contributed by atoms with Crippen molar-refractivity contribution >= 4 is 39.6 Å². The molecule has 0 fully saturated rings. The van der Waals surface area contributed by atoms with Crippen molar-refractivity contribution < 1.29 is 9.42 Å². The Labute approximate surface area is 122 Å². The number of thiazole rings is 1. The molecule has 0 aliphatic carbocycles. The second-order valence-corrected chi connectivity index (χ2v) is 5.29. The van der Waals surface area contributed by atoms with E-state index >= 15 is 0 Å². The summed E-state index contributed by atoms with van der Waals surface area (Å²) in [5, 5.41) is 11.8. The summed E-state index contributed by atoms with van der Waals surface area (Å²) < 4.78 is 4.60. The van der Waals surface area contributed by atoms with Crippen molar-refractivity contribution in [3.8, 4) is 0 Å². The number of nitrogen functional groups attached to an aromatic ring is 1. The van der Waals surface area contributed by atoms with Crippen LogP contribution in [0.3, 0.4) is 0 Å². The average molecular weight is 302 g/mol. The van der Waals surface area contributed by atoms with E-state index in [1.54, 1.807) is 24.4 Å². The molecule has 2 aromatic heterocycles. The fourth-order valence-corrected chi connectivity index (χ4v) is 2.34. The van der Waals surface area contributed by atoms with E-state index in [0.29, 0.717) is 16.2 Å². The number of carbonyl (C=O) groups excluding carboxylic acids is 1. The highest BCUT2D eigenvalue weighted by atomic mass is 32.1. The van der Waals surface area contributed by atoms with Crippen LogP contribution in [0.4, 0.5) is 5.13 Å². The van der Waals surface area contributed by atoms with Crippen molar-refractivity contribution in [3.05, 3.63) is 34.8 Å². The fourth-order valence-electron chi connectivity index (χ4n) is 1.66. The number of nitrogens with zero attached hydrogens (tertiary/aromatic N) is 4. The smallest absolute Gasteiger partial charge is 0.245 e. The quantitative estimate of drug-likeness (QED) is 0.547. The lowest BCUT2D eigenvalue weighted by Crippen LogP contribution is -2.19. The number of nitrogens with one attached hydrogen (secondary N) is 1. The number of hydrazone groups is 1. The Kier molecular flexibility index (Phi) is 3.56. The highest BCUT2D eigenvalue weighted by Crippen LogP contribution is 2.14. The van der Waals surface area contributed by atoms with Crippen LogP contribution in [0.15, 0.2) is 34.1 Å². The molecule has 106 valence electrons. The first-order chi connectivity index (χ1) is 10.2. The summed E-state index contributed by atoms with van der Waals surface area (Å²) in [6.07, 6.45) is 3.29. The van der Waals surface area contributed by atoms with Crippen LogP contribution in [0.25, 0.3) is 11.0 Å². The van der Waals surface area contributed by atoms with Gasteiger partial charge in [-0.1, -0.05) is 6.07 Å². The summed E-state index contributed by atoms with van der Waals surface area (Å²) in [5.74, 6) is -0.237. The maximum Gasteiger partial charge on any atom is 0.245 e. The maximum absolute atomic E-state index is 11.7. The van der Waals surface area contributed by atoms with Gasteiger partial charge in [0, 0.05) is 11.1 Å². The number of hydrogen-bond acceptors (Lipinski definition) is 8. The average Bonchev–Trinajstić information content (AvgIpc) is 3.07. The van der Waals surface area contributed by atoms with Crippen molar-refractivity contribution in [1.29, 1.82) is 0 Å². The number of fused-ring (bicyclic) bond motifs is 1. The number of amides is 1. The van der Waals surface area contributed by atoms with Gasteiger partial charge in [0.05, 0.1) is 12.6 Å². The molecule has 3 aromatic rings. The van der Waals surface area contributed by atoms with Crippen LogP contribution < -0.4 is 11.2 Å². The summed E-state index contributed by atoms with van der Waals surface area (Å²) in [7, 11) is 0. The number of carbonyl (C=O) groups is 1. The zero-order chi connectivity index (χ0) is 14.7. The lowest BCUT2D eigenvalue weighted by Gasteiger charge is -1.96. The molecule has 0 atom stereocenters. The van der Waals surface area contributed by atoms with E-state index in [0.717, 1.165) is 10.4 Å². The van der Waals surface area contributed by atoms with Gasteiger partial charge in [-0.2, -0.15) is 5.10 Å². The van der Waals surface area contributed by atoms with Crippen molar-refractivity contribution in [2.75, 3.05) is 5.73 Å². The SMILES string of the molecule is Nc1ncc(CC(=O)N/N=C\c2ccc3nonc3c2)s1. The second-order valence-electron chi connectivity index (χ2n) is 4.15. The molecule has 1 amide bonds. The Morgan fingerprint density at radius 2 is 2.29 bits per heavy atom. The maximum atomic E-state index is 11.7. The van der Waals surface area contributed by atoms with Gasteiger partial charge >= 0.3 is 0 Å². The van der Waals surface area contributed by atoms with Crippen LogP contribution >= 0.6 is 11.3 Å². The summed E-state index contributed by atoms with van der Waals surface area (Å²) in [5.41, 5.74) is 10.0. The highest BCUT2D eigenvalue weighted by Gasteiger charge is 2.05. The lowest BCUT2D eigenvalue weighted by atomic mass is 10.2. The van der Waals surface area contributed by atoms with Gasteiger partial charge in [0.2, 0.25) is 5.91 Å². The first-order valence-corrected chi connectivity index (χ1v) is 6.77. The van der Waals surface area contributed by atoms with E-state index in [1.165, 1.54) is 17.6 Å². The highest BCUT2D eigenvalue weighted by molar-refractivity contribution is 7.15. The summed E-state index contributed by atoms with van der Waals surface area (Å²) in [6.45, 7) is 0. The largest absolute Gasteiger partial charge is 0.375 e. The van der Waals surface area contributed by atoms with Crippen LogP contribution in [0.1, 0.15) is 10.4 Å². The number of benzene rings is 1. The van der Waals surface area contributed by atoms with Crippen LogP contribution in [0, 0.1) is 0 Å². The molecule has 0 unspecified atom stereocenters. The van der Waals surface area contributed by atoms with Gasteiger partial charge in [-0.15, -0.1) is 11.3 Å². The molecule has 0 saturated carbocycles. The van der Waals surface area contributed by atoms with Gasteiger partial charge in [0.1, 0.15) is 11.0 Å². The standard InChI is InChI=1S/C12H10N6O2S/c13-12-14-6-8(21-12)4-11(19)16-15-5-7-1-2-9-10(3-7)18-20-17-9/h1-3,5-6H,4H2,(H2,13,14)(H,16,19)/b15-5-. The van der Waals surface area contributed by atoms with Gasteiger partial charge < -0.3 is 5.73 Å². The molecule has 0 bridgehead atoms. The minimum atomic E-state index is -0.237. The first kappa shape index (κ1) is 13.2. The zero-order valence-corrected chi connectivity index (χ0v) is 11.5. The normalized spacial score (nSPS) is 11.2. The van der Waals surface area contributed by atoms with Crippen molar-refractivity contribution in [3.63, 3.8) is 0 Å². The van der Waals surface area contributed by atoms with Crippen molar-refractivity contribution in [2.45, 2.75) is 6.42 Å². The predicted molar refractivity (Wildman–Crippen MR) is 77.8 cm³/mol. The Morgan fingerprint density at radius 1 is 1.43 bits per heavy atom. The van der Waals surface area contributed by atoms with Crippen LogP contribution in [-0.2, 0) is 11.2 Å². The molecule has 2 heterocycles. The van der Waals surface area contributed by atoms with Gasteiger partial charge in [-0.25, -0.2) is 15.0 Å². The third-order valence-corrected chi connectivity index (χ3v) is 3.41. The Bertz CT molecular complexity index is 809. The van der Waals surface area contributed by atoms with E-state index in [-0.39, 0.29) is 12.3 Å². The third kappa shape index (κ3) is 3.20. The molecule has 21 heavy (non-hydrogen) atoms. The van der Waals surface area contributed by atoms with Crippen LogP contribution in [0.2, 0.25) is 0 Å². The summed E-state index contributed by atoms with van der Waals surface area (Å²) in [4.78, 5) is 16.3. The van der Waals surface area contributed by atoms with Gasteiger partial charge in [-0.05, 0) is 28.0 Å². The number of hydrogen-bond donors (Lipinski definition) is 2. The molecule has 0 saturated heterocycles. The lowest BCUT2D eigenvalue weighted by molar-refractivity contribution is -0.120. The molecule has 1 aromatic carbocycles. The minimum Gasteiger partial charge on any atom is -0.375 e. The van der Waals surface area contributed by atoms with E-state index < -0.39 is 0 Å². The third-order valence-electron chi connectivity index (χ3n) is 2.59. The van der Waals surface area contributed by atoms with Crippen LogP contribution in [0.5, 0.6) is 0 Å². The molecule has 3 N–H and O–H groups in total. The number of rotatable bonds is 4. The monoisotopic (exact) mass is 302 g/mol. The molecule has 9 heteroatoms. The zero-order valence-electron chi connectivity index (χ0n) is 10.7. The number of aromatic nitrogens is 3. The molecular formula is C12H10N6O2S. The van der Waals surface area contributed by atoms with E-state index in [9.17, 15) is 4.79 Å². The second kappa shape index (κ2) is 5.67.